The minimum absolute atomic E-state index is 0.0899. The van der Waals surface area contributed by atoms with Gasteiger partial charge in [0.25, 0.3) is 0 Å². The summed E-state index contributed by atoms with van der Waals surface area (Å²) in [4.78, 5) is 14.8. The molecule has 0 spiro atoms. The Morgan fingerprint density at radius 3 is 2.82 bits per heavy atom. The van der Waals surface area contributed by atoms with Crippen LogP contribution in [0.15, 0.2) is 11.4 Å². The van der Waals surface area contributed by atoms with Crippen molar-refractivity contribution in [2.45, 2.75) is 24.5 Å². The Morgan fingerprint density at radius 2 is 2.18 bits per heavy atom. The van der Waals surface area contributed by atoms with Gasteiger partial charge < -0.3 is 20.1 Å². The molecule has 0 amide bonds. The Bertz CT molecular complexity index is 761. The summed E-state index contributed by atoms with van der Waals surface area (Å²) < 4.78 is 7.30. The molecule has 11 nitrogen and oxygen atoms in total. The minimum atomic E-state index is -1.26. The third-order valence-corrected chi connectivity index (χ3v) is 4.04. The molecule has 12 heteroatoms. The number of fused-ring (bicyclic) bond motifs is 1. The van der Waals surface area contributed by atoms with E-state index in [1.807, 2.05) is 22.6 Å². The molecule has 116 valence electrons. The van der Waals surface area contributed by atoms with Gasteiger partial charge >= 0.3 is 0 Å². The highest BCUT2D eigenvalue weighted by Crippen LogP contribution is 2.32. The van der Waals surface area contributed by atoms with Crippen molar-refractivity contribution in [1.82, 2.24) is 19.5 Å². The number of rotatable bonds is 3. The molecule has 1 aliphatic rings. The quantitative estimate of drug-likeness (QED) is 0.207. The zero-order chi connectivity index (χ0) is 15.9. The number of nitrogens with zero attached hydrogens (tertiary/aromatic N) is 7. The van der Waals surface area contributed by atoms with Crippen LogP contribution in [0.1, 0.15) is 6.23 Å². The predicted octanol–water partition coefficient (Wildman–Crippen LogP) is -0.0158. The van der Waals surface area contributed by atoms with Crippen molar-refractivity contribution in [1.29, 1.82) is 0 Å². The molecule has 0 bridgehead atoms. The van der Waals surface area contributed by atoms with Gasteiger partial charge in [-0.25, -0.2) is 15.0 Å². The highest BCUT2D eigenvalue weighted by molar-refractivity contribution is 14.1. The number of aliphatic hydroxyl groups is 3. The molecular formula is C10H10IN7O4. The van der Waals surface area contributed by atoms with Crippen molar-refractivity contribution in [2.24, 2.45) is 5.11 Å². The van der Waals surface area contributed by atoms with Gasteiger partial charge in [-0.05, 0) is 33.2 Å². The maximum atomic E-state index is 10.1. The Labute approximate surface area is 136 Å². The fourth-order valence-corrected chi connectivity index (χ4v) is 2.85. The van der Waals surface area contributed by atoms with Gasteiger partial charge in [0.15, 0.2) is 11.9 Å². The Kier molecular flexibility index (Phi) is 4.12. The van der Waals surface area contributed by atoms with Crippen molar-refractivity contribution in [3.8, 4) is 0 Å². The van der Waals surface area contributed by atoms with Crippen molar-refractivity contribution in [3.63, 3.8) is 0 Å². The topological polar surface area (TPSA) is 162 Å². The molecule has 3 rings (SSSR count). The van der Waals surface area contributed by atoms with Gasteiger partial charge in [-0.15, -0.1) is 0 Å². The van der Waals surface area contributed by atoms with Crippen molar-refractivity contribution >= 4 is 39.7 Å². The molecule has 2 aromatic rings. The van der Waals surface area contributed by atoms with Crippen LogP contribution in [0.3, 0.4) is 0 Å². The molecular weight excluding hydrogens is 409 g/mol. The van der Waals surface area contributed by atoms with Crippen LogP contribution in [0, 0.1) is 3.70 Å². The van der Waals surface area contributed by atoms with E-state index >= 15 is 0 Å². The second-order valence-electron chi connectivity index (χ2n) is 4.56. The lowest BCUT2D eigenvalue weighted by Gasteiger charge is -2.16. The van der Waals surface area contributed by atoms with Crippen LogP contribution >= 0.6 is 22.6 Å². The Balaban J connectivity index is 2.10. The average Bonchev–Trinajstić information content (AvgIpc) is 3.03. The molecule has 22 heavy (non-hydrogen) atoms. The van der Waals surface area contributed by atoms with Gasteiger partial charge in [0.05, 0.1) is 12.9 Å². The van der Waals surface area contributed by atoms with Gasteiger partial charge in [-0.3, -0.25) is 4.57 Å². The van der Waals surface area contributed by atoms with E-state index in [-0.39, 0.29) is 11.6 Å². The SMILES string of the molecule is [N-]=[N+]=Nc1nc(I)c2ncn([C@@H]3O[C@H](CO)[C@H](O)[C@@H]3O)c2n1. The van der Waals surface area contributed by atoms with Crippen LogP contribution in [-0.2, 0) is 4.74 Å². The van der Waals surface area contributed by atoms with E-state index < -0.39 is 31.1 Å². The van der Waals surface area contributed by atoms with Crippen molar-refractivity contribution in [2.75, 3.05) is 6.61 Å². The van der Waals surface area contributed by atoms with Crippen LogP contribution in [0.5, 0.6) is 0 Å². The summed E-state index contributed by atoms with van der Waals surface area (Å²) in [5, 5.41) is 32.4. The third-order valence-electron chi connectivity index (χ3n) is 3.29. The maximum Gasteiger partial charge on any atom is 0.219 e. The first kappa shape index (κ1) is 15.3. The summed E-state index contributed by atoms with van der Waals surface area (Å²) in [6.07, 6.45) is -2.99. The predicted molar refractivity (Wildman–Crippen MR) is 79.9 cm³/mol. The molecule has 1 fully saturated rings. The number of hydrogen-bond donors (Lipinski definition) is 3. The summed E-state index contributed by atoms with van der Waals surface area (Å²) in [5.74, 6) is -0.0899. The molecule has 3 heterocycles. The number of aliphatic hydroxyl groups excluding tert-OH is 3. The zero-order valence-corrected chi connectivity index (χ0v) is 13.0. The summed E-state index contributed by atoms with van der Waals surface area (Å²) in [6.45, 7) is -0.433. The summed E-state index contributed by atoms with van der Waals surface area (Å²) in [6, 6.07) is 0. The molecule has 1 saturated heterocycles. The van der Waals surface area contributed by atoms with E-state index in [2.05, 4.69) is 25.0 Å². The first-order chi connectivity index (χ1) is 10.6. The molecule has 0 aromatic carbocycles. The third kappa shape index (κ3) is 2.39. The number of halogens is 1. The first-order valence-corrected chi connectivity index (χ1v) is 7.22. The Morgan fingerprint density at radius 1 is 1.41 bits per heavy atom. The fraction of sp³-hybridized carbons (Fsp3) is 0.500. The van der Waals surface area contributed by atoms with Gasteiger partial charge in [-0.1, -0.05) is 0 Å². The standard InChI is InChI=1S/C10H10IN7O4/c11-7-4-8(15-10(14-7)16-17-12)18(2-13-4)9-6(21)5(20)3(1-19)22-9/h2-3,5-6,9,19-21H,1H2/t3-,5+,6+,9-/m1/s1. The molecule has 0 saturated carbocycles. The lowest BCUT2D eigenvalue weighted by Crippen LogP contribution is -2.33. The summed E-state index contributed by atoms with van der Waals surface area (Å²) in [7, 11) is 0. The molecule has 0 radical (unpaired) electrons. The van der Waals surface area contributed by atoms with Crippen LogP contribution in [0.4, 0.5) is 5.95 Å². The van der Waals surface area contributed by atoms with E-state index in [0.29, 0.717) is 9.22 Å². The molecule has 0 aliphatic carbocycles. The molecule has 4 atom stereocenters. The van der Waals surface area contributed by atoms with Crippen molar-refractivity contribution in [3.05, 3.63) is 20.5 Å². The fourth-order valence-electron chi connectivity index (χ4n) is 2.25. The number of imidazole rings is 1. The molecule has 0 unspecified atom stereocenters. The van der Waals surface area contributed by atoms with Crippen LogP contribution in [0.25, 0.3) is 21.6 Å². The second kappa shape index (κ2) is 5.91. The van der Waals surface area contributed by atoms with Crippen LogP contribution in [0.2, 0.25) is 0 Å². The van der Waals surface area contributed by atoms with E-state index in [9.17, 15) is 10.2 Å². The summed E-state index contributed by atoms with van der Waals surface area (Å²) >= 11 is 1.92. The lowest BCUT2D eigenvalue weighted by molar-refractivity contribution is -0.0511. The highest BCUT2D eigenvalue weighted by Gasteiger charge is 2.44. The average molecular weight is 419 g/mol. The minimum Gasteiger partial charge on any atom is -0.394 e. The van der Waals surface area contributed by atoms with Gasteiger partial charge in [0.2, 0.25) is 5.95 Å². The number of hydrogen-bond acceptors (Lipinski definition) is 8. The highest BCUT2D eigenvalue weighted by atomic mass is 127. The van der Waals surface area contributed by atoms with Gasteiger partial charge in [0, 0.05) is 4.91 Å². The molecule has 3 N–H and O–H groups in total. The lowest BCUT2D eigenvalue weighted by atomic mass is 10.1. The monoisotopic (exact) mass is 419 g/mol. The van der Waals surface area contributed by atoms with Crippen LogP contribution < -0.4 is 0 Å². The normalized spacial score (nSPS) is 28.0. The number of aromatic nitrogens is 4. The zero-order valence-electron chi connectivity index (χ0n) is 10.9. The number of azide groups is 1. The van der Waals surface area contributed by atoms with E-state index in [4.69, 9.17) is 15.4 Å². The van der Waals surface area contributed by atoms with Crippen LogP contribution in [-0.4, -0.2) is 59.8 Å². The van der Waals surface area contributed by atoms with E-state index in [0.717, 1.165) is 0 Å². The Hall–Kier alpha value is -1.57. The van der Waals surface area contributed by atoms with Gasteiger partial charge in [0.1, 0.15) is 27.5 Å². The molecule has 1 aliphatic heterocycles. The maximum absolute atomic E-state index is 10.1. The second-order valence-corrected chi connectivity index (χ2v) is 5.58. The first-order valence-electron chi connectivity index (χ1n) is 6.14. The van der Waals surface area contributed by atoms with Crippen molar-refractivity contribution < 1.29 is 20.1 Å². The smallest absolute Gasteiger partial charge is 0.219 e. The van der Waals surface area contributed by atoms with Gasteiger partial charge in [-0.2, -0.15) is 0 Å². The van der Waals surface area contributed by atoms with E-state index in [1.165, 1.54) is 10.9 Å². The largest absolute Gasteiger partial charge is 0.394 e. The number of ether oxygens (including phenoxy) is 1. The summed E-state index contributed by atoms with van der Waals surface area (Å²) in [5.41, 5.74) is 9.21. The molecule has 2 aromatic heterocycles. The van der Waals surface area contributed by atoms with E-state index in [1.54, 1.807) is 0 Å².